The van der Waals surface area contributed by atoms with Crippen LogP contribution in [0.25, 0.3) is 0 Å². The van der Waals surface area contributed by atoms with Gasteiger partial charge in [-0.05, 0) is 48.9 Å². The van der Waals surface area contributed by atoms with Crippen molar-refractivity contribution in [2.75, 3.05) is 6.54 Å². The highest BCUT2D eigenvalue weighted by Crippen LogP contribution is 2.43. The highest BCUT2D eigenvalue weighted by molar-refractivity contribution is 5.75. The molecule has 0 saturated heterocycles. The number of nitrogens with one attached hydrogen (secondary N) is 1. The molecule has 2 nitrogen and oxygen atoms in total. The molecule has 0 radical (unpaired) electrons. The maximum absolute atomic E-state index is 11.2. The molecule has 1 saturated carbocycles. The van der Waals surface area contributed by atoms with Gasteiger partial charge < -0.3 is 5.32 Å². The first-order valence-electron chi connectivity index (χ1n) is 9.69. The minimum atomic E-state index is 0.183. The molecule has 1 aliphatic rings. The average Bonchev–Trinajstić information content (AvgIpc) is 2.42. The van der Waals surface area contributed by atoms with Crippen molar-refractivity contribution in [1.82, 2.24) is 5.32 Å². The molecule has 22 heavy (non-hydrogen) atoms. The van der Waals surface area contributed by atoms with Crippen molar-refractivity contribution >= 4 is 5.91 Å². The van der Waals surface area contributed by atoms with Crippen molar-refractivity contribution < 1.29 is 4.79 Å². The molecule has 0 aromatic heterocycles. The summed E-state index contributed by atoms with van der Waals surface area (Å²) >= 11 is 0. The number of amides is 1. The van der Waals surface area contributed by atoms with E-state index in [-0.39, 0.29) is 5.91 Å². The molecule has 1 N–H and O–H groups in total. The van der Waals surface area contributed by atoms with Gasteiger partial charge in [-0.25, -0.2) is 0 Å². The molecule has 130 valence electrons. The lowest BCUT2D eigenvalue weighted by Gasteiger charge is -2.40. The largest absolute Gasteiger partial charge is 0.356 e. The number of hydrogen-bond acceptors (Lipinski definition) is 1. The van der Waals surface area contributed by atoms with E-state index >= 15 is 0 Å². The zero-order valence-corrected chi connectivity index (χ0v) is 15.7. The summed E-state index contributed by atoms with van der Waals surface area (Å²) in [6.45, 7) is 12.2. The molecule has 1 fully saturated rings. The van der Waals surface area contributed by atoms with E-state index in [9.17, 15) is 4.79 Å². The Morgan fingerprint density at radius 2 is 1.73 bits per heavy atom. The Bertz CT molecular complexity index is 307. The summed E-state index contributed by atoms with van der Waals surface area (Å²) in [5.41, 5.74) is 0. The molecule has 0 aromatic rings. The molecule has 2 heteroatoms. The molecular formula is C20H39NO. The summed E-state index contributed by atoms with van der Waals surface area (Å²) < 4.78 is 0. The van der Waals surface area contributed by atoms with Crippen LogP contribution in [0.1, 0.15) is 86.0 Å². The Kier molecular flexibility index (Phi) is 9.12. The lowest BCUT2D eigenvalue weighted by molar-refractivity contribution is -0.120. The maximum atomic E-state index is 11.2. The van der Waals surface area contributed by atoms with Gasteiger partial charge in [0.2, 0.25) is 5.91 Å². The van der Waals surface area contributed by atoms with Crippen molar-refractivity contribution in [1.29, 1.82) is 0 Å². The van der Waals surface area contributed by atoms with Gasteiger partial charge in [-0.3, -0.25) is 4.79 Å². The molecule has 0 bridgehead atoms. The molecular weight excluding hydrogens is 270 g/mol. The number of rotatable bonds is 11. The van der Waals surface area contributed by atoms with Gasteiger partial charge in [-0.1, -0.05) is 60.3 Å². The Morgan fingerprint density at radius 3 is 2.32 bits per heavy atom. The first-order chi connectivity index (χ1) is 10.4. The fourth-order valence-electron chi connectivity index (χ4n) is 3.57. The van der Waals surface area contributed by atoms with Crippen LogP contribution in [0.5, 0.6) is 0 Å². The van der Waals surface area contributed by atoms with E-state index in [1.54, 1.807) is 0 Å². The summed E-state index contributed by atoms with van der Waals surface area (Å²) in [5, 5.41) is 2.99. The third kappa shape index (κ3) is 7.65. The van der Waals surface area contributed by atoms with Crippen LogP contribution < -0.4 is 5.32 Å². The van der Waals surface area contributed by atoms with Gasteiger partial charge in [0.25, 0.3) is 0 Å². The normalized spacial score (nSPS) is 23.9. The molecule has 0 heterocycles. The predicted octanol–water partition coefficient (Wildman–Crippen LogP) is 5.42. The molecule has 2 unspecified atom stereocenters. The zero-order chi connectivity index (χ0) is 16.5. The van der Waals surface area contributed by atoms with Crippen LogP contribution in [0, 0.1) is 29.6 Å². The van der Waals surface area contributed by atoms with E-state index in [1.165, 1.54) is 38.5 Å². The number of carbonyl (C=O) groups excluding carboxylic acids is 1. The minimum Gasteiger partial charge on any atom is -0.356 e. The van der Waals surface area contributed by atoms with Gasteiger partial charge in [0.05, 0.1) is 0 Å². The van der Waals surface area contributed by atoms with E-state index < -0.39 is 0 Å². The predicted molar refractivity (Wildman–Crippen MR) is 95.8 cm³/mol. The van der Waals surface area contributed by atoms with Gasteiger partial charge in [0.15, 0.2) is 0 Å². The Balaban J connectivity index is 2.04. The first kappa shape index (κ1) is 19.5. The summed E-state index contributed by atoms with van der Waals surface area (Å²) in [4.78, 5) is 11.2. The van der Waals surface area contributed by atoms with Crippen LogP contribution in [0.3, 0.4) is 0 Å². The quantitative estimate of drug-likeness (QED) is 0.542. The first-order valence-corrected chi connectivity index (χ1v) is 9.69. The number of hydrogen-bond donors (Lipinski definition) is 1. The van der Waals surface area contributed by atoms with E-state index in [4.69, 9.17) is 0 Å². The van der Waals surface area contributed by atoms with Crippen molar-refractivity contribution in [3.8, 4) is 0 Å². The molecule has 0 aromatic carbocycles. The third-order valence-electron chi connectivity index (χ3n) is 5.62. The van der Waals surface area contributed by atoms with Crippen molar-refractivity contribution in [3.05, 3.63) is 0 Å². The Labute approximate surface area is 138 Å². The van der Waals surface area contributed by atoms with E-state index in [0.717, 1.165) is 42.6 Å². The van der Waals surface area contributed by atoms with Gasteiger partial charge in [-0.2, -0.15) is 0 Å². The van der Waals surface area contributed by atoms with Crippen molar-refractivity contribution in [2.24, 2.45) is 29.6 Å². The molecule has 0 spiro atoms. The fraction of sp³-hybridized carbons (Fsp3) is 0.950. The second kappa shape index (κ2) is 10.3. The zero-order valence-electron chi connectivity index (χ0n) is 15.7. The Morgan fingerprint density at radius 1 is 1.05 bits per heavy atom. The summed E-state index contributed by atoms with van der Waals surface area (Å²) in [6, 6.07) is 0. The van der Waals surface area contributed by atoms with Crippen LogP contribution in [0.4, 0.5) is 0 Å². The van der Waals surface area contributed by atoms with E-state index in [2.05, 4.69) is 33.0 Å². The van der Waals surface area contributed by atoms with Crippen LogP contribution in [-0.2, 0) is 4.79 Å². The van der Waals surface area contributed by atoms with Crippen LogP contribution in [-0.4, -0.2) is 12.5 Å². The fourth-order valence-corrected chi connectivity index (χ4v) is 3.57. The second-order valence-corrected chi connectivity index (χ2v) is 8.22. The smallest absolute Gasteiger partial charge is 0.219 e. The second-order valence-electron chi connectivity index (χ2n) is 8.22. The third-order valence-corrected chi connectivity index (χ3v) is 5.62. The van der Waals surface area contributed by atoms with E-state index in [0.29, 0.717) is 6.42 Å². The molecule has 1 rings (SSSR count). The number of carbonyl (C=O) groups is 1. The van der Waals surface area contributed by atoms with Gasteiger partial charge >= 0.3 is 0 Å². The molecule has 2 atom stereocenters. The lowest BCUT2D eigenvalue weighted by Crippen LogP contribution is -2.29. The SMILES string of the molecule is CCC(=O)NCCC(C)CCC(C)C1CC(CCC(C)C)C1. The summed E-state index contributed by atoms with van der Waals surface area (Å²) in [7, 11) is 0. The molecule has 1 amide bonds. The topological polar surface area (TPSA) is 29.1 Å². The summed E-state index contributed by atoms with van der Waals surface area (Å²) in [6.07, 6.45) is 10.2. The molecule has 1 aliphatic carbocycles. The van der Waals surface area contributed by atoms with Crippen molar-refractivity contribution in [3.63, 3.8) is 0 Å². The van der Waals surface area contributed by atoms with Gasteiger partial charge in [0.1, 0.15) is 0 Å². The maximum Gasteiger partial charge on any atom is 0.219 e. The molecule has 0 aliphatic heterocycles. The van der Waals surface area contributed by atoms with Crippen LogP contribution >= 0.6 is 0 Å². The standard InChI is InChI=1S/C20H39NO/c1-6-20(22)21-12-11-16(4)8-9-17(5)19-13-18(14-19)10-7-15(2)3/h15-19H,6-14H2,1-5H3,(H,21,22). The van der Waals surface area contributed by atoms with E-state index in [1.807, 2.05) is 6.92 Å². The van der Waals surface area contributed by atoms with Crippen molar-refractivity contribution in [2.45, 2.75) is 86.0 Å². The summed E-state index contributed by atoms with van der Waals surface area (Å²) in [5.74, 6) is 4.69. The highest BCUT2D eigenvalue weighted by Gasteiger charge is 2.32. The Hall–Kier alpha value is -0.530. The lowest BCUT2D eigenvalue weighted by atomic mass is 9.66. The average molecular weight is 310 g/mol. The van der Waals surface area contributed by atoms with Crippen LogP contribution in [0.15, 0.2) is 0 Å². The van der Waals surface area contributed by atoms with Gasteiger partial charge in [-0.15, -0.1) is 0 Å². The minimum absolute atomic E-state index is 0.183. The highest BCUT2D eigenvalue weighted by atomic mass is 16.1. The monoisotopic (exact) mass is 309 g/mol. The van der Waals surface area contributed by atoms with Gasteiger partial charge in [0, 0.05) is 13.0 Å². The van der Waals surface area contributed by atoms with Crippen LogP contribution in [0.2, 0.25) is 0 Å².